The third kappa shape index (κ3) is 5.01. The molecule has 0 unspecified atom stereocenters. The Hall–Kier alpha value is -3.53. The van der Waals surface area contributed by atoms with E-state index < -0.39 is 17.4 Å². The zero-order valence-electron chi connectivity index (χ0n) is 19.0. The number of fused-ring (bicyclic) bond motifs is 2. The van der Waals surface area contributed by atoms with Gasteiger partial charge in [0.2, 0.25) is 18.1 Å². The lowest BCUT2D eigenvalue weighted by Gasteiger charge is -2.19. The molecule has 0 bridgehead atoms. The van der Waals surface area contributed by atoms with Crippen molar-refractivity contribution in [1.29, 1.82) is 0 Å². The number of carbonyl (C=O) groups excluding carboxylic acids is 2. The molecule has 3 heterocycles. The van der Waals surface area contributed by atoms with Crippen LogP contribution in [0, 0.1) is 0 Å². The molecule has 0 radical (unpaired) electrons. The molecule has 34 heavy (non-hydrogen) atoms. The SMILES string of the molecule is CCn1cc(C(=O)N[C@@H](CCSC)C(=O)NCc2ccccn2)c(=O)c2cc3c(cc21)OCO3. The van der Waals surface area contributed by atoms with E-state index >= 15 is 0 Å². The molecule has 2 amide bonds. The van der Waals surface area contributed by atoms with E-state index in [9.17, 15) is 14.4 Å². The molecule has 0 fully saturated rings. The number of hydrogen-bond acceptors (Lipinski definition) is 7. The van der Waals surface area contributed by atoms with Crippen molar-refractivity contribution in [3.05, 3.63) is 64.2 Å². The van der Waals surface area contributed by atoms with E-state index in [1.165, 1.54) is 6.20 Å². The standard InChI is InChI=1S/C24H26N4O5S/c1-3-28-13-17(22(29)16-10-20-21(11-19(16)28)33-14-32-20)23(30)27-18(7-9-34-2)24(31)26-12-15-6-4-5-8-25-15/h4-6,8,10-11,13,18H,3,7,9,12,14H2,1-2H3,(H,26,31)(H,27,30)/t18-/m0/s1. The van der Waals surface area contributed by atoms with Crippen molar-refractivity contribution in [2.75, 3.05) is 18.8 Å². The van der Waals surface area contributed by atoms with E-state index in [0.29, 0.717) is 46.8 Å². The Bertz CT molecular complexity index is 1260. The first-order valence-corrected chi connectivity index (χ1v) is 12.4. The number of aryl methyl sites for hydroxylation is 1. The minimum atomic E-state index is -0.786. The number of rotatable bonds is 9. The number of carbonyl (C=O) groups is 2. The van der Waals surface area contributed by atoms with Crippen molar-refractivity contribution in [2.45, 2.75) is 32.5 Å². The molecule has 1 aromatic carbocycles. The van der Waals surface area contributed by atoms with Gasteiger partial charge in [-0.25, -0.2) is 0 Å². The van der Waals surface area contributed by atoms with Gasteiger partial charge in [0.15, 0.2) is 11.5 Å². The van der Waals surface area contributed by atoms with Gasteiger partial charge in [-0.2, -0.15) is 11.8 Å². The highest BCUT2D eigenvalue weighted by atomic mass is 32.2. The molecule has 4 rings (SSSR count). The molecule has 0 saturated carbocycles. The summed E-state index contributed by atoms with van der Waals surface area (Å²) in [6.07, 6.45) is 5.53. The van der Waals surface area contributed by atoms with Crippen LogP contribution in [0.2, 0.25) is 0 Å². The van der Waals surface area contributed by atoms with Crippen LogP contribution in [0.1, 0.15) is 29.4 Å². The summed E-state index contributed by atoms with van der Waals surface area (Å²) < 4.78 is 12.6. The van der Waals surface area contributed by atoms with Crippen molar-refractivity contribution in [1.82, 2.24) is 20.2 Å². The van der Waals surface area contributed by atoms with Crippen molar-refractivity contribution < 1.29 is 19.1 Å². The van der Waals surface area contributed by atoms with Crippen LogP contribution in [-0.4, -0.2) is 46.2 Å². The third-order valence-corrected chi connectivity index (χ3v) is 6.21. The van der Waals surface area contributed by atoms with Gasteiger partial charge in [-0.3, -0.25) is 19.4 Å². The van der Waals surface area contributed by atoms with E-state index in [2.05, 4.69) is 15.6 Å². The highest BCUT2D eigenvalue weighted by molar-refractivity contribution is 7.98. The molecule has 0 aliphatic carbocycles. The van der Waals surface area contributed by atoms with Gasteiger partial charge in [-0.1, -0.05) is 6.07 Å². The number of nitrogens with zero attached hydrogens (tertiary/aromatic N) is 2. The lowest BCUT2D eigenvalue weighted by molar-refractivity contribution is -0.123. The molecule has 2 N–H and O–H groups in total. The number of thioether (sulfide) groups is 1. The molecule has 3 aromatic rings. The second-order valence-electron chi connectivity index (χ2n) is 7.73. The molecule has 2 aromatic heterocycles. The van der Waals surface area contributed by atoms with E-state index in [4.69, 9.17) is 9.47 Å². The van der Waals surface area contributed by atoms with Crippen LogP contribution in [0.25, 0.3) is 10.9 Å². The quantitative estimate of drug-likeness (QED) is 0.481. The number of aromatic nitrogens is 2. The molecule has 1 aliphatic rings. The third-order valence-electron chi connectivity index (χ3n) is 5.56. The number of hydrogen-bond donors (Lipinski definition) is 2. The highest BCUT2D eigenvalue weighted by Gasteiger charge is 2.25. The predicted octanol–water partition coefficient (Wildman–Crippen LogP) is 2.31. The van der Waals surface area contributed by atoms with E-state index in [0.717, 1.165) is 0 Å². The Kier molecular flexibility index (Phi) is 7.36. The molecule has 10 heteroatoms. The number of amides is 2. The molecule has 0 saturated heterocycles. The lowest BCUT2D eigenvalue weighted by Crippen LogP contribution is -2.47. The van der Waals surface area contributed by atoms with Gasteiger partial charge in [0.1, 0.15) is 11.6 Å². The van der Waals surface area contributed by atoms with Crippen molar-refractivity contribution in [3.8, 4) is 11.5 Å². The monoisotopic (exact) mass is 482 g/mol. The van der Waals surface area contributed by atoms with Gasteiger partial charge in [0.25, 0.3) is 5.91 Å². The number of benzene rings is 1. The lowest BCUT2D eigenvalue weighted by atomic mass is 10.1. The molecule has 178 valence electrons. The van der Waals surface area contributed by atoms with Gasteiger partial charge in [0, 0.05) is 25.0 Å². The first kappa shape index (κ1) is 23.6. The van der Waals surface area contributed by atoms with Crippen molar-refractivity contribution >= 4 is 34.5 Å². The average molecular weight is 483 g/mol. The number of ether oxygens (including phenoxy) is 2. The summed E-state index contributed by atoms with van der Waals surface area (Å²) in [7, 11) is 0. The summed E-state index contributed by atoms with van der Waals surface area (Å²) in [5.41, 5.74) is 0.915. The molecule has 1 atom stereocenters. The van der Waals surface area contributed by atoms with Gasteiger partial charge in [-0.15, -0.1) is 0 Å². The van der Waals surface area contributed by atoms with Crippen LogP contribution in [0.3, 0.4) is 0 Å². The largest absolute Gasteiger partial charge is 0.454 e. The number of nitrogens with one attached hydrogen (secondary N) is 2. The molecular formula is C24H26N4O5S. The van der Waals surface area contributed by atoms with E-state index in [1.54, 1.807) is 36.2 Å². The summed E-state index contributed by atoms with van der Waals surface area (Å²) >= 11 is 1.57. The fourth-order valence-corrected chi connectivity index (χ4v) is 4.22. The maximum atomic E-state index is 13.2. The van der Waals surface area contributed by atoms with Crippen molar-refractivity contribution in [2.24, 2.45) is 0 Å². The van der Waals surface area contributed by atoms with Crippen LogP contribution in [0.15, 0.2) is 47.5 Å². The summed E-state index contributed by atoms with van der Waals surface area (Å²) in [6, 6.07) is 8.01. The summed E-state index contributed by atoms with van der Waals surface area (Å²) in [5.74, 6) is 0.783. The van der Waals surface area contributed by atoms with E-state index in [-0.39, 0.29) is 24.8 Å². The Morgan fingerprint density at radius 3 is 2.74 bits per heavy atom. The Labute approximate surface area is 200 Å². The Morgan fingerprint density at radius 1 is 1.24 bits per heavy atom. The van der Waals surface area contributed by atoms with Gasteiger partial charge in [-0.05, 0) is 43.6 Å². The van der Waals surface area contributed by atoms with Crippen LogP contribution in [-0.2, 0) is 17.9 Å². The van der Waals surface area contributed by atoms with Crippen LogP contribution in [0.4, 0.5) is 0 Å². The second-order valence-corrected chi connectivity index (χ2v) is 8.71. The second kappa shape index (κ2) is 10.6. The van der Waals surface area contributed by atoms with Crippen LogP contribution in [0.5, 0.6) is 11.5 Å². The fourth-order valence-electron chi connectivity index (χ4n) is 3.75. The molecular weight excluding hydrogens is 456 g/mol. The minimum absolute atomic E-state index is 0.0279. The summed E-state index contributed by atoms with van der Waals surface area (Å²) in [6.45, 7) is 2.79. The van der Waals surface area contributed by atoms with E-state index in [1.807, 2.05) is 29.9 Å². The zero-order chi connectivity index (χ0) is 24.1. The predicted molar refractivity (Wildman–Crippen MR) is 130 cm³/mol. The molecule has 1 aliphatic heterocycles. The van der Waals surface area contributed by atoms with Gasteiger partial charge >= 0.3 is 0 Å². The van der Waals surface area contributed by atoms with Crippen molar-refractivity contribution in [3.63, 3.8) is 0 Å². The van der Waals surface area contributed by atoms with Gasteiger partial charge < -0.3 is 24.7 Å². The normalized spacial score (nSPS) is 13.0. The van der Waals surface area contributed by atoms with Crippen LogP contribution < -0.4 is 25.5 Å². The highest BCUT2D eigenvalue weighted by Crippen LogP contribution is 2.35. The smallest absolute Gasteiger partial charge is 0.257 e. The Morgan fingerprint density at radius 2 is 2.03 bits per heavy atom. The topological polar surface area (TPSA) is 112 Å². The number of pyridine rings is 2. The maximum Gasteiger partial charge on any atom is 0.257 e. The summed E-state index contributed by atoms with van der Waals surface area (Å²) in [4.78, 5) is 43.5. The maximum absolute atomic E-state index is 13.2. The fraction of sp³-hybridized carbons (Fsp3) is 0.333. The molecule has 9 nitrogen and oxygen atoms in total. The molecule has 0 spiro atoms. The first-order valence-electron chi connectivity index (χ1n) is 11.0. The Balaban J connectivity index is 1.58. The summed E-state index contributed by atoms with van der Waals surface area (Å²) in [5, 5.41) is 5.94. The van der Waals surface area contributed by atoms with Crippen LogP contribution >= 0.6 is 11.8 Å². The first-order chi connectivity index (χ1) is 16.5. The van der Waals surface area contributed by atoms with Gasteiger partial charge in [0.05, 0.1) is 23.1 Å². The zero-order valence-corrected chi connectivity index (χ0v) is 19.8. The minimum Gasteiger partial charge on any atom is -0.454 e. The average Bonchev–Trinajstić information content (AvgIpc) is 3.32.